The quantitative estimate of drug-likeness (QED) is 0.611. The van der Waals surface area contributed by atoms with Gasteiger partial charge in [0.15, 0.2) is 0 Å². The fourth-order valence-corrected chi connectivity index (χ4v) is 3.05. The Bertz CT molecular complexity index is 970. The van der Waals surface area contributed by atoms with Gasteiger partial charge in [0.05, 0.1) is 6.20 Å². The first-order valence-corrected chi connectivity index (χ1v) is 7.90. The van der Waals surface area contributed by atoms with Crippen molar-refractivity contribution in [2.24, 2.45) is 0 Å². The molecule has 1 aromatic heterocycles. The van der Waals surface area contributed by atoms with Gasteiger partial charge in [-0.1, -0.05) is 48.5 Å². The summed E-state index contributed by atoms with van der Waals surface area (Å²) in [6, 6.07) is 21.3. The summed E-state index contributed by atoms with van der Waals surface area (Å²) >= 11 is 0. The van der Waals surface area contributed by atoms with Gasteiger partial charge in [-0.2, -0.15) is 15.4 Å². The minimum Gasteiger partial charge on any atom is -0.378 e. The molecule has 4 aromatic rings. The van der Waals surface area contributed by atoms with E-state index in [1.165, 1.54) is 22.0 Å². The first-order chi connectivity index (χ1) is 11.7. The molecule has 0 saturated heterocycles. The number of benzene rings is 3. The number of anilines is 1. The molecule has 0 aliphatic heterocycles. The van der Waals surface area contributed by atoms with E-state index in [1.54, 1.807) is 6.20 Å². The first kappa shape index (κ1) is 14.5. The summed E-state index contributed by atoms with van der Waals surface area (Å²) in [4.78, 5) is 2.10. The van der Waals surface area contributed by atoms with E-state index in [0.717, 1.165) is 16.8 Å². The Labute approximate surface area is 140 Å². The normalized spacial score (nSPS) is 10.9. The number of aromatic nitrogens is 3. The molecule has 0 amide bonds. The molecule has 0 spiro atoms. The van der Waals surface area contributed by atoms with E-state index in [2.05, 4.69) is 81.0 Å². The number of fused-ring (bicyclic) bond motifs is 1. The van der Waals surface area contributed by atoms with Crippen molar-refractivity contribution in [1.82, 2.24) is 15.4 Å². The van der Waals surface area contributed by atoms with Crippen molar-refractivity contribution in [2.45, 2.75) is 0 Å². The Hall–Kier alpha value is -3.14. The maximum atomic E-state index is 4.32. The van der Waals surface area contributed by atoms with Crippen molar-refractivity contribution in [2.75, 3.05) is 19.0 Å². The second kappa shape index (κ2) is 5.81. The van der Waals surface area contributed by atoms with Crippen LogP contribution in [0, 0.1) is 0 Å². The van der Waals surface area contributed by atoms with E-state index in [0.29, 0.717) is 0 Å². The van der Waals surface area contributed by atoms with Crippen LogP contribution in [0.2, 0.25) is 0 Å². The van der Waals surface area contributed by atoms with Gasteiger partial charge in [0, 0.05) is 25.3 Å². The summed E-state index contributed by atoms with van der Waals surface area (Å²) in [6.45, 7) is 0. The second-order valence-corrected chi connectivity index (χ2v) is 6.01. The predicted octanol–water partition coefficient (Wildman–Crippen LogP) is 4.36. The first-order valence-electron chi connectivity index (χ1n) is 7.90. The molecule has 1 heterocycles. The minimum absolute atomic E-state index is 0.860. The third-order valence-electron chi connectivity index (χ3n) is 4.29. The van der Waals surface area contributed by atoms with Crippen LogP contribution in [0.3, 0.4) is 0 Å². The van der Waals surface area contributed by atoms with Crippen LogP contribution in [0.5, 0.6) is 0 Å². The molecule has 0 saturated carbocycles. The summed E-state index contributed by atoms with van der Waals surface area (Å²) in [6.07, 6.45) is 1.78. The van der Waals surface area contributed by atoms with Crippen molar-refractivity contribution in [1.29, 1.82) is 0 Å². The van der Waals surface area contributed by atoms with E-state index in [-0.39, 0.29) is 0 Å². The molecule has 1 N–H and O–H groups in total. The Morgan fingerprint density at radius 2 is 1.67 bits per heavy atom. The summed E-state index contributed by atoms with van der Waals surface area (Å²) in [5.41, 5.74) is 5.48. The van der Waals surface area contributed by atoms with Crippen molar-refractivity contribution >= 4 is 16.5 Å². The Morgan fingerprint density at radius 3 is 2.38 bits per heavy atom. The van der Waals surface area contributed by atoms with Gasteiger partial charge in [0.1, 0.15) is 5.69 Å². The monoisotopic (exact) mass is 314 g/mol. The van der Waals surface area contributed by atoms with Gasteiger partial charge < -0.3 is 4.90 Å². The van der Waals surface area contributed by atoms with Gasteiger partial charge in [-0.05, 0) is 34.0 Å². The molecule has 118 valence electrons. The van der Waals surface area contributed by atoms with Crippen molar-refractivity contribution < 1.29 is 0 Å². The summed E-state index contributed by atoms with van der Waals surface area (Å²) in [5, 5.41) is 13.4. The van der Waals surface area contributed by atoms with Crippen LogP contribution < -0.4 is 4.90 Å². The molecule has 0 radical (unpaired) electrons. The third-order valence-corrected chi connectivity index (χ3v) is 4.29. The molecule has 0 bridgehead atoms. The molecule has 3 aromatic carbocycles. The molecular weight excluding hydrogens is 296 g/mol. The minimum atomic E-state index is 0.860. The van der Waals surface area contributed by atoms with Gasteiger partial charge in [-0.3, -0.25) is 0 Å². The zero-order valence-electron chi connectivity index (χ0n) is 13.7. The highest BCUT2D eigenvalue weighted by atomic mass is 15.3. The highest BCUT2D eigenvalue weighted by molar-refractivity contribution is 6.03. The highest BCUT2D eigenvalue weighted by Crippen LogP contribution is 2.37. The lowest BCUT2D eigenvalue weighted by atomic mass is 9.92. The fraction of sp³-hybridized carbons (Fsp3) is 0.100. The van der Waals surface area contributed by atoms with E-state index in [9.17, 15) is 0 Å². The van der Waals surface area contributed by atoms with Crippen LogP contribution in [0.15, 0.2) is 66.9 Å². The van der Waals surface area contributed by atoms with Crippen LogP contribution in [0.25, 0.3) is 33.2 Å². The van der Waals surface area contributed by atoms with Crippen LogP contribution in [0.1, 0.15) is 0 Å². The highest BCUT2D eigenvalue weighted by Gasteiger charge is 2.13. The number of aromatic amines is 1. The van der Waals surface area contributed by atoms with Gasteiger partial charge >= 0.3 is 0 Å². The summed E-state index contributed by atoms with van der Waals surface area (Å²) < 4.78 is 0. The average Bonchev–Trinajstić information content (AvgIpc) is 3.15. The number of rotatable bonds is 3. The smallest absolute Gasteiger partial charge is 0.114 e. The van der Waals surface area contributed by atoms with Gasteiger partial charge in [-0.25, -0.2) is 0 Å². The lowest BCUT2D eigenvalue weighted by Crippen LogP contribution is -2.07. The average molecular weight is 314 g/mol. The fourth-order valence-electron chi connectivity index (χ4n) is 3.05. The van der Waals surface area contributed by atoms with E-state index in [1.807, 2.05) is 14.1 Å². The van der Waals surface area contributed by atoms with Crippen molar-refractivity contribution in [3.63, 3.8) is 0 Å². The van der Waals surface area contributed by atoms with E-state index < -0.39 is 0 Å². The summed E-state index contributed by atoms with van der Waals surface area (Å²) in [5.74, 6) is 0. The van der Waals surface area contributed by atoms with Gasteiger partial charge in [0.25, 0.3) is 0 Å². The molecule has 0 atom stereocenters. The zero-order valence-corrected chi connectivity index (χ0v) is 13.7. The van der Waals surface area contributed by atoms with Crippen LogP contribution >= 0.6 is 0 Å². The molecule has 4 nitrogen and oxygen atoms in total. The zero-order chi connectivity index (χ0) is 16.5. The number of nitrogens with one attached hydrogen (secondary N) is 1. The van der Waals surface area contributed by atoms with Crippen LogP contribution in [-0.2, 0) is 0 Å². The Morgan fingerprint density at radius 1 is 0.875 bits per heavy atom. The molecular formula is C20H18N4. The van der Waals surface area contributed by atoms with Crippen molar-refractivity contribution in [3.05, 3.63) is 66.9 Å². The Balaban J connectivity index is 1.96. The number of hydrogen-bond donors (Lipinski definition) is 1. The molecule has 4 rings (SSSR count). The topological polar surface area (TPSA) is 44.8 Å². The maximum Gasteiger partial charge on any atom is 0.114 e. The number of H-pyrrole nitrogens is 1. The van der Waals surface area contributed by atoms with Gasteiger partial charge in [-0.15, -0.1) is 0 Å². The van der Waals surface area contributed by atoms with E-state index in [4.69, 9.17) is 0 Å². The SMILES string of the molecule is CN(C)c1ccc(-c2ccc3ccccc3c2-c2cn[nH]n2)cc1. The molecule has 0 fully saturated rings. The maximum absolute atomic E-state index is 4.32. The molecule has 24 heavy (non-hydrogen) atoms. The van der Waals surface area contributed by atoms with Crippen LogP contribution in [-0.4, -0.2) is 29.5 Å². The number of hydrogen-bond acceptors (Lipinski definition) is 3. The summed E-state index contributed by atoms with van der Waals surface area (Å²) in [7, 11) is 4.09. The van der Waals surface area contributed by atoms with Gasteiger partial charge in [0.2, 0.25) is 0 Å². The van der Waals surface area contributed by atoms with Crippen molar-refractivity contribution in [3.8, 4) is 22.4 Å². The molecule has 0 unspecified atom stereocenters. The second-order valence-electron chi connectivity index (χ2n) is 6.01. The van der Waals surface area contributed by atoms with E-state index >= 15 is 0 Å². The molecule has 4 heteroatoms. The lowest BCUT2D eigenvalue weighted by molar-refractivity contribution is 0.942. The standard InChI is InChI=1S/C20H18N4/c1-24(2)16-10-7-15(8-11-16)18-12-9-14-5-3-4-6-17(14)20(18)19-13-21-23-22-19/h3-13H,1-2H3,(H,21,22,23). The number of nitrogens with zero attached hydrogens (tertiary/aromatic N) is 3. The Kier molecular flexibility index (Phi) is 3.50. The van der Waals surface area contributed by atoms with Crippen LogP contribution in [0.4, 0.5) is 5.69 Å². The molecule has 0 aliphatic carbocycles. The lowest BCUT2D eigenvalue weighted by Gasteiger charge is -2.15. The third kappa shape index (κ3) is 2.42. The predicted molar refractivity (Wildman–Crippen MR) is 99.1 cm³/mol. The largest absolute Gasteiger partial charge is 0.378 e. The molecule has 0 aliphatic rings.